The molecule has 0 aliphatic rings. The Bertz CT molecular complexity index is 1110. The molecule has 1 heterocycles. The third-order valence-corrected chi connectivity index (χ3v) is 5.75. The lowest BCUT2D eigenvalue weighted by Crippen LogP contribution is -2.15. The molecule has 10 heteroatoms. The van der Waals surface area contributed by atoms with Crippen LogP contribution in [0, 0.1) is 5.82 Å². The van der Waals surface area contributed by atoms with Crippen molar-refractivity contribution < 1.29 is 12.8 Å². The Morgan fingerprint density at radius 2 is 1.71 bits per heavy atom. The average Bonchev–Trinajstić information content (AvgIpc) is 2.58. The zero-order valence-corrected chi connectivity index (χ0v) is 18.1. The van der Waals surface area contributed by atoms with Crippen molar-refractivity contribution in [3.8, 4) is 0 Å². The van der Waals surface area contributed by atoms with Crippen molar-refractivity contribution >= 4 is 62.2 Å². The maximum absolute atomic E-state index is 13.1. The van der Waals surface area contributed by atoms with Gasteiger partial charge in [0, 0.05) is 11.9 Å². The summed E-state index contributed by atoms with van der Waals surface area (Å²) in [6.45, 7) is 0.560. The number of halogens is 4. The summed E-state index contributed by atoms with van der Waals surface area (Å²) in [5.74, 6) is -0.529. The SMILES string of the molecule is CN(C)Cc1ccc2c(Cl)cc(Cl)c(NS(=O)(=O)c3ccc(F)cc3)c2n1.Cl. The van der Waals surface area contributed by atoms with Gasteiger partial charge in [-0.25, -0.2) is 17.8 Å². The van der Waals surface area contributed by atoms with Gasteiger partial charge in [0.15, 0.2) is 0 Å². The number of fused-ring (bicyclic) bond motifs is 1. The predicted octanol–water partition coefficient (Wildman–Crippen LogP) is 4.96. The van der Waals surface area contributed by atoms with Gasteiger partial charge < -0.3 is 4.90 Å². The van der Waals surface area contributed by atoms with Crippen LogP contribution in [0.2, 0.25) is 10.0 Å². The number of sulfonamides is 1. The van der Waals surface area contributed by atoms with Crippen molar-refractivity contribution in [2.75, 3.05) is 18.8 Å². The van der Waals surface area contributed by atoms with Crippen LogP contribution in [0.25, 0.3) is 10.9 Å². The van der Waals surface area contributed by atoms with Gasteiger partial charge >= 0.3 is 0 Å². The van der Waals surface area contributed by atoms with Crippen molar-refractivity contribution in [3.05, 3.63) is 64.0 Å². The molecule has 0 saturated carbocycles. The Balaban J connectivity index is 0.00000280. The second-order valence-electron chi connectivity index (χ2n) is 6.21. The van der Waals surface area contributed by atoms with E-state index in [4.69, 9.17) is 23.2 Å². The van der Waals surface area contributed by atoms with Gasteiger partial charge in [-0.3, -0.25) is 4.72 Å². The number of anilines is 1. The lowest BCUT2D eigenvalue weighted by atomic mass is 10.1. The van der Waals surface area contributed by atoms with Gasteiger partial charge in [0.05, 0.1) is 31.8 Å². The van der Waals surface area contributed by atoms with Crippen molar-refractivity contribution in [1.82, 2.24) is 9.88 Å². The van der Waals surface area contributed by atoms with Crippen molar-refractivity contribution in [2.45, 2.75) is 11.4 Å². The third kappa shape index (κ3) is 4.85. The topological polar surface area (TPSA) is 62.3 Å². The smallest absolute Gasteiger partial charge is 0.262 e. The van der Waals surface area contributed by atoms with Crippen LogP contribution in [-0.4, -0.2) is 32.4 Å². The molecule has 0 radical (unpaired) electrons. The molecule has 0 fully saturated rings. The molecule has 3 aromatic rings. The van der Waals surface area contributed by atoms with E-state index in [9.17, 15) is 12.8 Å². The van der Waals surface area contributed by atoms with Gasteiger partial charge in [-0.05, 0) is 56.6 Å². The second-order valence-corrected chi connectivity index (χ2v) is 8.71. The number of rotatable bonds is 5. The zero-order chi connectivity index (χ0) is 19.8. The van der Waals surface area contributed by atoms with Crippen molar-refractivity contribution in [3.63, 3.8) is 0 Å². The summed E-state index contributed by atoms with van der Waals surface area (Å²) in [5.41, 5.74) is 1.20. The fraction of sp³-hybridized carbons (Fsp3) is 0.167. The van der Waals surface area contributed by atoms with E-state index in [1.54, 1.807) is 6.07 Å². The van der Waals surface area contributed by atoms with Crippen LogP contribution >= 0.6 is 35.6 Å². The lowest BCUT2D eigenvalue weighted by molar-refractivity contribution is 0.397. The van der Waals surface area contributed by atoms with E-state index in [0.29, 0.717) is 22.5 Å². The van der Waals surface area contributed by atoms with Gasteiger partial charge in [-0.1, -0.05) is 23.2 Å². The summed E-state index contributed by atoms with van der Waals surface area (Å²) in [6, 6.07) is 9.55. The summed E-state index contributed by atoms with van der Waals surface area (Å²) in [4.78, 5) is 6.37. The number of aromatic nitrogens is 1. The molecule has 3 rings (SSSR count). The fourth-order valence-corrected chi connectivity index (χ4v) is 4.28. The Morgan fingerprint density at radius 1 is 1.07 bits per heavy atom. The first-order valence-electron chi connectivity index (χ1n) is 7.88. The monoisotopic (exact) mass is 463 g/mol. The maximum atomic E-state index is 13.1. The molecule has 0 spiro atoms. The Kier molecular flexibility index (Phi) is 7.12. The largest absolute Gasteiger partial charge is 0.304 e. The van der Waals surface area contributed by atoms with Crippen LogP contribution in [0.15, 0.2) is 47.4 Å². The number of benzene rings is 2. The van der Waals surface area contributed by atoms with Crippen LogP contribution in [-0.2, 0) is 16.6 Å². The molecule has 1 N–H and O–H groups in total. The molecule has 1 aromatic heterocycles. The van der Waals surface area contributed by atoms with Crippen LogP contribution < -0.4 is 4.72 Å². The van der Waals surface area contributed by atoms with E-state index in [-0.39, 0.29) is 28.0 Å². The van der Waals surface area contributed by atoms with Gasteiger partial charge in [-0.2, -0.15) is 0 Å². The molecular formula is C18H17Cl3FN3O2S. The molecule has 0 atom stereocenters. The first-order chi connectivity index (χ1) is 12.7. The Hall–Kier alpha value is -1.64. The summed E-state index contributed by atoms with van der Waals surface area (Å²) in [6.07, 6.45) is 0. The highest BCUT2D eigenvalue weighted by Gasteiger charge is 2.20. The minimum Gasteiger partial charge on any atom is -0.304 e. The normalized spacial score (nSPS) is 11.5. The maximum Gasteiger partial charge on any atom is 0.262 e. The highest BCUT2D eigenvalue weighted by Crippen LogP contribution is 2.36. The van der Waals surface area contributed by atoms with Crippen molar-refractivity contribution in [2.24, 2.45) is 0 Å². The Morgan fingerprint density at radius 3 is 2.32 bits per heavy atom. The van der Waals surface area contributed by atoms with E-state index in [0.717, 1.165) is 17.8 Å². The molecule has 5 nitrogen and oxygen atoms in total. The standard InChI is InChI=1S/C18H16Cl2FN3O2S.ClH/c1-24(2)10-12-5-8-14-15(19)9-16(20)18(17(14)22-12)23-27(25,26)13-6-3-11(21)4-7-13;/h3-9,23H,10H2,1-2H3;1H. The molecule has 0 unspecified atom stereocenters. The molecule has 0 saturated heterocycles. The fourth-order valence-electron chi connectivity index (χ4n) is 2.57. The number of hydrogen-bond acceptors (Lipinski definition) is 4. The third-order valence-electron chi connectivity index (χ3n) is 3.78. The predicted molar refractivity (Wildman–Crippen MR) is 114 cm³/mol. The molecule has 2 aromatic carbocycles. The minimum atomic E-state index is -3.99. The van der Waals surface area contributed by atoms with E-state index in [1.807, 2.05) is 25.1 Å². The summed E-state index contributed by atoms with van der Waals surface area (Å²) in [7, 11) is -0.192. The number of hydrogen-bond donors (Lipinski definition) is 1. The van der Waals surface area contributed by atoms with Crippen molar-refractivity contribution in [1.29, 1.82) is 0 Å². The molecule has 28 heavy (non-hydrogen) atoms. The average molecular weight is 465 g/mol. The van der Waals surface area contributed by atoms with E-state index in [1.165, 1.54) is 18.2 Å². The first kappa shape index (κ1) is 22.6. The number of pyridine rings is 1. The summed E-state index contributed by atoms with van der Waals surface area (Å²) < 4.78 is 40.9. The molecule has 150 valence electrons. The summed E-state index contributed by atoms with van der Waals surface area (Å²) in [5, 5.41) is 1.05. The molecule has 0 bridgehead atoms. The van der Waals surface area contributed by atoms with Gasteiger partial charge in [-0.15, -0.1) is 12.4 Å². The molecule has 0 aliphatic heterocycles. The Labute approximate surface area is 178 Å². The highest BCUT2D eigenvalue weighted by atomic mass is 35.5. The highest BCUT2D eigenvalue weighted by molar-refractivity contribution is 7.92. The zero-order valence-electron chi connectivity index (χ0n) is 14.9. The minimum absolute atomic E-state index is 0. The quantitative estimate of drug-likeness (QED) is 0.579. The van der Waals surface area contributed by atoms with E-state index < -0.39 is 15.8 Å². The number of nitrogens with zero attached hydrogens (tertiary/aromatic N) is 2. The van der Waals surface area contributed by atoms with Gasteiger partial charge in [0.2, 0.25) is 0 Å². The molecule has 0 aliphatic carbocycles. The molecule has 0 amide bonds. The van der Waals surface area contributed by atoms with Crippen LogP contribution in [0.5, 0.6) is 0 Å². The van der Waals surface area contributed by atoms with Gasteiger partial charge in [0.25, 0.3) is 10.0 Å². The summed E-state index contributed by atoms with van der Waals surface area (Å²) >= 11 is 12.5. The first-order valence-corrected chi connectivity index (χ1v) is 10.1. The van der Waals surface area contributed by atoms with E-state index in [2.05, 4.69) is 9.71 Å². The number of nitrogens with one attached hydrogen (secondary N) is 1. The lowest BCUT2D eigenvalue weighted by Gasteiger charge is -2.15. The van der Waals surface area contributed by atoms with Gasteiger partial charge in [0.1, 0.15) is 5.82 Å². The molecular weight excluding hydrogens is 448 g/mol. The second kappa shape index (κ2) is 8.80. The van der Waals surface area contributed by atoms with E-state index >= 15 is 0 Å². The van der Waals surface area contributed by atoms with Crippen LogP contribution in [0.1, 0.15) is 5.69 Å². The van der Waals surface area contributed by atoms with Crippen LogP contribution in [0.4, 0.5) is 10.1 Å². The van der Waals surface area contributed by atoms with Crippen LogP contribution in [0.3, 0.4) is 0 Å².